The number of aryl methyl sites for hydroxylation is 2. The average Bonchev–Trinajstić information content (AvgIpc) is 2.36. The standard InChI is InChI=1S/C13H18F3N3/c1-2-3-10-9-8-17-7-5-11(9)19-12(18-10)4-6-13(14,15)16/h17H,2-8H2,1H3. The topological polar surface area (TPSA) is 37.8 Å². The monoisotopic (exact) mass is 273 g/mol. The molecule has 0 spiro atoms. The Kier molecular flexibility index (Phi) is 4.39. The number of aromatic nitrogens is 2. The van der Waals surface area contributed by atoms with E-state index in [9.17, 15) is 13.2 Å². The number of nitrogens with one attached hydrogen (secondary N) is 1. The fourth-order valence-electron chi connectivity index (χ4n) is 2.28. The molecule has 0 radical (unpaired) electrons. The molecule has 1 aromatic rings. The van der Waals surface area contributed by atoms with Crippen molar-refractivity contribution in [3.05, 3.63) is 22.8 Å². The fourth-order valence-corrected chi connectivity index (χ4v) is 2.28. The molecule has 106 valence electrons. The van der Waals surface area contributed by atoms with Crippen LogP contribution in [-0.4, -0.2) is 22.7 Å². The molecule has 6 heteroatoms. The summed E-state index contributed by atoms with van der Waals surface area (Å²) in [7, 11) is 0. The quantitative estimate of drug-likeness (QED) is 0.916. The van der Waals surface area contributed by atoms with E-state index in [4.69, 9.17) is 0 Å². The van der Waals surface area contributed by atoms with Crippen LogP contribution in [0.1, 0.15) is 42.5 Å². The zero-order chi connectivity index (χ0) is 13.9. The molecule has 0 unspecified atom stereocenters. The minimum atomic E-state index is -4.15. The van der Waals surface area contributed by atoms with Crippen molar-refractivity contribution in [1.29, 1.82) is 0 Å². The van der Waals surface area contributed by atoms with E-state index in [1.807, 2.05) is 6.92 Å². The zero-order valence-corrected chi connectivity index (χ0v) is 11.0. The van der Waals surface area contributed by atoms with Gasteiger partial charge in [0.05, 0.1) is 12.1 Å². The summed E-state index contributed by atoms with van der Waals surface area (Å²) in [4.78, 5) is 8.64. The second kappa shape index (κ2) is 5.86. The molecular weight excluding hydrogens is 255 g/mol. The Morgan fingerprint density at radius 3 is 2.68 bits per heavy atom. The molecule has 2 rings (SSSR count). The Balaban J connectivity index is 2.22. The second-order valence-electron chi connectivity index (χ2n) is 4.80. The Hall–Kier alpha value is -1.17. The molecule has 2 heterocycles. The number of nitrogens with zero attached hydrogens (tertiary/aromatic N) is 2. The highest BCUT2D eigenvalue weighted by Crippen LogP contribution is 2.23. The van der Waals surface area contributed by atoms with Gasteiger partial charge in [-0.2, -0.15) is 13.2 Å². The van der Waals surface area contributed by atoms with Crippen molar-refractivity contribution in [2.24, 2.45) is 0 Å². The maximum absolute atomic E-state index is 12.3. The first-order valence-electron chi connectivity index (χ1n) is 6.64. The van der Waals surface area contributed by atoms with E-state index in [0.29, 0.717) is 5.82 Å². The molecule has 1 aliphatic heterocycles. The third kappa shape index (κ3) is 3.89. The molecule has 3 nitrogen and oxygen atoms in total. The summed E-state index contributed by atoms with van der Waals surface area (Å²) in [5, 5.41) is 3.26. The summed E-state index contributed by atoms with van der Waals surface area (Å²) in [6, 6.07) is 0. The van der Waals surface area contributed by atoms with Crippen LogP contribution in [0.4, 0.5) is 13.2 Å². The van der Waals surface area contributed by atoms with Gasteiger partial charge in [0.2, 0.25) is 0 Å². The van der Waals surface area contributed by atoms with Crippen LogP contribution >= 0.6 is 0 Å². The second-order valence-corrected chi connectivity index (χ2v) is 4.80. The largest absolute Gasteiger partial charge is 0.389 e. The van der Waals surface area contributed by atoms with Crippen LogP contribution in [-0.2, 0) is 25.8 Å². The molecule has 0 amide bonds. The van der Waals surface area contributed by atoms with Gasteiger partial charge >= 0.3 is 6.18 Å². The van der Waals surface area contributed by atoms with Gasteiger partial charge in [-0.1, -0.05) is 13.3 Å². The first-order chi connectivity index (χ1) is 8.99. The molecule has 0 bridgehead atoms. The summed E-state index contributed by atoms with van der Waals surface area (Å²) in [6.07, 6.45) is -2.62. The van der Waals surface area contributed by atoms with E-state index in [0.717, 1.165) is 49.3 Å². The van der Waals surface area contributed by atoms with Gasteiger partial charge in [-0.05, 0) is 6.42 Å². The Labute approximate surface area is 110 Å². The number of halogens is 3. The van der Waals surface area contributed by atoms with Gasteiger partial charge in [0.15, 0.2) is 0 Å². The lowest BCUT2D eigenvalue weighted by atomic mass is 10.0. The molecule has 0 aliphatic carbocycles. The Morgan fingerprint density at radius 2 is 2.00 bits per heavy atom. The van der Waals surface area contributed by atoms with E-state index in [1.54, 1.807) is 0 Å². The van der Waals surface area contributed by atoms with Gasteiger partial charge in [-0.15, -0.1) is 0 Å². The predicted molar refractivity (Wildman–Crippen MR) is 65.8 cm³/mol. The number of rotatable bonds is 4. The molecule has 0 saturated carbocycles. The predicted octanol–water partition coefficient (Wildman–Crippen LogP) is 2.57. The van der Waals surface area contributed by atoms with Gasteiger partial charge in [0.25, 0.3) is 0 Å². The third-order valence-corrected chi connectivity index (χ3v) is 3.18. The van der Waals surface area contributed by atoms with E-state index in [1.165, 1.54) is 0 Å². The van der Waals surface area contributed by atoms with Crippen molar-refractivity contribution in [2.45, 2.75) is 51.7 Å². The summed E-state index contributed by atoms with van der Waals surface area (Å²) in [5.41, 5.74) is 2.93. The van der Waals surface area contributed by atoms with Gasteiger partial charge in [-0.25, -0.2) is 9.97 Å². The van der Waals surface area contributed by atoms with Crippen molar-refractivity contribution in [1.82, 2.24) is 15.3 Å². The highest BCUT2D eigenvalue weighted by Gasteiger charge is 2.27. The fraction of sp³-hybridized carbons (Fsp3) is 0.692. The molecule has 0 fully saturated rings. The minimum absolute atomic E-state index is 0.124. The van der Waals surface area contributed by atoms with Crippen LogP contribution in [0.15, 0.2) is 0 Å². The van der Waals surface area contributed by atoms with Crippen molar-refractivity contribution >= 4 is 0 Å². The maximum Gasteiger partial charge on any atom is 0.389 e. The minimum Gasteiger partial charge on any atom is -0.312 e. The molecular formula is C13H18F3N3. The van der Waals surface area contributed by atoms with Gasteiger partial charge in [-0.3, -0.25) is 0 Å². The molecule has 0 saturated heterocycles. The number of hydrogen-bond acceptors (Lipinski definition) is 3. The van der Waals surface area contributed by atoms with Crippen LogP contribution in [0.3, 0.4) is 0 Å². The summed E-state index contributed by atoms with van der Waals surface area (Å²) in [5.74, 6) is 0.335. The van der Waals surface area contributed by atoms with Gasteiger partial charge < -0.3 is 5.32 Å². The van der Waals surface area contributed by atoms with Gasteiger partial charge in [0.1, 0.15) is 5.82 Å². The first kappa shape index (κ1) is 14.2. The Bertz CT molecular complexity index is 443. The highest BCUT2D eigenvalue weighted by molar-refractivity contribution is 5.28. The molecule has 0 aromatic carbocycles. The zero-order valence-electron chi connectivity index (χ0n) is 11.0. The molecule has 1 aromatic heterocycles. The molecule has 1 N–H and O–H groups in total. The normalized spacial score (nSPS) is 15.4. The van der Waals surface area contributed by atoms with Crippen LogP contribution in [0.2, 0.25) is 0 Å². The number of alkyl halides is 3. The maximum atomic E-state index is 12.3. The van der Waals surface area contributed by atoms with Gasteiger partial charge in [0, 0.05) is 37.2 Å². The summed E-state index contributed by atoms with van der Waals surface area (Å²) in [6.45, 7) is 3.60. The number of hydrogen-bond donors (Lipinski definition) is 1. The smallest absolute Gasteiger partial charge is 0.312 e. The highest BCUT2D eigenvalue weighted by atomic mass is 19.4. The lowest BCUT2D eigenvalue weighted by molar-refractivity contribution is -0.134. The first-order valence-corrected chi connectivity index (χ1v) is 6.64. The van der Waals surface area contributed by atoms with Crippen LogP contribution in [0.25, 0.3) is 0 Å². The van der Waals surface area contributed by atoms with Crippen LogP contribution < -0.4 is 5.32 Å². The lowest BCUT2D eigenvalue weighted by Crippen LogP contribution is -2.27. The van der Waals surface area contributed by atoms with E-state index < -0.39 is 12.6 Å². The summed E-state index contributed by atoms with van der Waals surface area (Å²) >= 11 is 0. The SMILES string of the molecule is CCCc1nc(CCC(F)(F)F)nc2c1CNCC2. The third-order valence-electron chi connectivity index (χ3n) is 3.18. The Morgan fingerprint density at radius 1 is 1.21 bits per heavy atom. The van der Waals surface area contributed by atoms with Crippen molar-refractivity contribution in [2.75, 3.05) is 6.54 Å². The molecule has 0 atom stereocenters. The molecule has 1 aliphatic rings. The van der Waals surface area contributed by atoms with Crippen molar-refractivity contribution in [3.63, 3.8) is 0 Å². The molecule has 19 heavy (non-hydrogen) atoms. The van der Waals surface area contributed by atoms with E-state index >= 15 is 0 Å². The van der Waals surface area contributed by atoms with Crippen molar-refractivity contribution in [3.8, 4) is 0 Å². The van der Waals surface area contributed by atoms with Crippen molar-refractivity contribution < 1.29 is 13.2 Å². The lowest BCUT2D eigenvalue weighted by Gasteiger charge is -2.20. The summed E-state index contributed by atoms with van der Waals surface area (Å²) < 4.78 is 36.8. The van der Waals surface area contributed by atoms with E-state index in [-0.39, 0.29) is 6.42 Å². The van der Waals surface area contributed by atoms with Crippen LogP contribution in [0, 0.1) is 0 Å². The van der Waals surface area contributed by atoms with Crippen LogP contribution in [0.5, 0.6) is 0 Å². The number of fused-ring (bicyclic) bond motifs is 1. The average molecular weight is 273 g/mol. The van der Waals surface area contributed by atoms with E-state index in [2.05, 4.69) is 15.3 Å².